The zero-order valence-electron chi connectivity index (χ0n) is 15.7. The highest BCUT2D eigenvalue weighted by atomic mass is 35.5. The third-order valence-electron chi connectivity index (χ3n) is 4.10. The average molecular weight is 390 g/mol. The van der Waals surface area contributed by atoms with Crippen molar-refractivity contribution in [1.82, 2.24) is 0 Å². The quantitative estimate of drug-likeness (QED) is 0.725. The highest BCUT2D eigenvalue weighted by Crippen LogP contribution is 2.27. The Kier molecular flexibility index (Phi) is 7.07. The highest BCUT2D eigenvalue weighted by Gasteiger charge is 2.15. The van der Waals surface area contributed by atoms with Gasteiger partial charge in [-0.1, -0.05) is 17.7 Å². The minimum absolute atomic E-state index is 0.0588. The van der Waals surface area contributed by atoms with Crippen LogP contribution in [0.2, 0.25) is 5.02 Å². The highest BCUT2D eigenvalue weighted by molar-refractivity contribution is 6.34. The van der Waals surface area contributed by atoms with E-state index in [1.165, 1.54) is 0 Å². The number of nitrogens with zero attached hydrogens (tertiary/aromatic N) is 1. The molecule has 0 aliphatic carbocycles. The van der Waals surface area contributed by atoms with Gasteiger partial charge in [0.25, 0.3) is 0 Å². The molecular weight excluding hydrogens is 366 g/mol. The van der Waals surface area contributed by atoms with E-state index < -0.39 is 5.91 Å². The number of methoxy groups -OCH3 is 1. The van der Waals surface area contributed by atoms with Crippen LogP contribution in [-0.4, -0.2) is 32.0 Å². The first-order valence-corrected chi connectivity index (χ1v) is 8.92. The summed E-state index contributed by atoms with van der Waals surface area (Å²) in [6.07, 6.45) is 0.142. The van der Waals surface area contributed by atoms with Gasteiger partial charge in [-0.3, -0.25) is 9.59 Å². The second kappa shape index (κ2) is 9.28. The van der Waals surface area contributed by atoms with Crippen LogP contribution in [0.5, 0.6) is 5.75 Å². The smallest absolute Gasteiger partial charge is 0.243 e. The van der Waals surface area contributed by atoms with Crippen LogP contribution >= 0.6 is 11.6 Å². The van der Waals surface area contributed by atoms with Gasteiger partial charge in [-0.2, -0.15) is 0 Å². The van der Waals surface area contributed by atoms with E-state index in [4.69, 9.17) is 22.1 Å². The monoisotopic (exact) mass is 389 g/mol. The molecule has 0 fully saturated rings. The van der Waals surface area contributed by atoms with Gasteiger partial charge in [-0.15, -0.1) is 0 Å². The molecule has 2 rings (SSSR count). The first-order valence-electron chi connectivity index (χ1n) is 8.54. The molecule has 27 heavy (non-hydrogen) atoms. The van der Waals surface area contributed by atoms with Gasteiger partial charge in [0.1, 0.15) is 5.75 Å². The third kappa shape index (κ3) is 5.89. The standard InChI is InChI=1S/C20H24ClN3O3/c1-13-10-14(2)20(17(21)11-13)23-19(26)12-24(9-8-18(22)25)15-4-6-16(27-3)7-5-15/h4-7,10-11H,8-9,12H2,1-3H3,(H2,22,25)(H,23,26). The van der Waals surface area contributed by atoms with E-state index in [2.05, 4.69) is 5.32 Å². The number of nitrogens with one attached hydrogen (secondary N) is 1. The number of benzene rings is 2. The van der Waals surface area contributed by atoms with Crippen molar-refractivity contribution in [3.05, 3.63) is 52.5 Å². The lowest BCUT2D eigenvalue weighted by Crippen LogP contribution is -2.35. The summed E-state index contributed by atoms with van der Waals surface area (Å²) < 4.78 is 5.16. The number of aryl methyl sites for hydroxylation is 2. The van der Waals surface area contributed by atoms with Gasteiger partial charge in [-0.25, -0.2) is 0 Å². The topological polar surface area (TPSA) is 84.7 Å². The van der Waals surface area contributed by atoms with Crippen molar-refractivity contribution in [1.29, 1.82) is 0 Å². The van der Waals surface area contributed by atoms with Crippen LogP contribution in [-0.2, 0) is 9.59 Å². The molecule has 0 atom stereocenters. The summed E-state index contributed by atoms with van der Waals surface area (Å²) in [4.78, 5) is 25.6. The molecule has 0 unspecified atom stereocenters. The van der Waals surface area contributed by atoms with Crippen LogP contribution in [0.4, 0.5) is 11.4 Å². The number of nitrogens with two attached hydrogens (primary N) is 1. The van der Waals surface area contributed by atoms with Gasteiger partial charge in [0.15, 0.2) is 0 Å². The Balaban J connectivity index is 2.16. The fraction of sp³-hybridized carbons (Fsp3) is 0.300. The first-order chi connectivity index (χ1) is 12.8. The van der Waals surface area contributed by atoms with Crippen LogP contribution in [0.25, 0.3) is 0 Å². The first kappa shape index (κ1) is 20.6. The van der Waals surface area contributed by atoms with E-state index in [-0.39, 0.29) is 18.9 Å². The maximum atomic E-state index is 12.6. The Morgan fingerprint density at radius 3 is 2.41 bits per heavy atom. The Morgan fingerprint density at radius 1 is 1.19 bits per heavy atom. The lowest BCUT2D eigenvalue weighted by Gasteiger charge is -2.24. The van der Waals surface area contributed by atoms with Crippen molar-refractivity contribution in [2.45, 2.75) is 20.3 Å². The maximum absolute atomic E-state index is 12.6. The van der Waals surface area contributed by atoms with Crippen LogP contribution < -0.4 is 20.7 Å². The SMILES string of the molecule is COc1ccc(N(CCC(N)=O)CC(=O)Nc2c(C)cc(C)cc2Cl)cc1. The normalized spacial score (nSPS) is 10.4. The fourth-order valence-corrected chi connectivity index (χ4v) is 3.13. The molecule has 0 saturated heterocycles. The van der Waals surface area contributed by atoms with Crippen molar-refractivity contribution < 1.29 is 14.3 Å². The molecule has 0 bridgehead atoms. The number of rotatable bonds is 8. The number of halogens is 1. The minimum Gasteiger partial charge on any atom is -0.497 e. The summed E-state index contributed by atoms with van der Waals surface area (Å²) in [6.45, 7) is 4.22. The molecule has 2 aromatic rings. The molecule has 6 nitrogen and oxygen atoms in total. The second-order valence-corrected chi connectivity index (χ2v) is 6.73. The summed E-state index contributed by atoms with van der Waals surface area (Å²) in [5, 5.41) is 3.36. The van der Waals surface area contributed by atoms with Gasteiger partial charge in [0, 0.05) is 18.7 Å². The lowest BCUT2D eigenvalue weighted by molar-refractivity contribution is -0.118. The van der Waals surface area contributed by atoms with E-state index >= 15 is 0 Å². The molecule has 0 aliphatic heterocycles. The van der Waals surface area contributed by atoms with Crippen molar-refractivity contribution in [3.63, 3.8) is 0 Å². The molecule has 144 valence electrons. The number of carbonyl (C=O) groups excluding carboxylic acids is 2. The Bertz CT molecular complexity index is 799. The van der Waals surface area contributed by atoms with Gasteiger partial charge >= 0.3 is 0 Å². The second-order valence-electron chi connectivity index (χ2n) is 6.32. The van der Waals surface area contributed by atoms with Crippen LogP contribution in [0.3, 0.4) is 0 Å². The number of anilines is 2. The number of ether oxygens (including phenoxy) is 1. The van der Waals surface area contributed by atoms with Crippen molar-refractivity contribution in [3.8, 4) is 5.75 Å². The zero-order valence-corrected chi connectivity index (χ0v) is 16.5. The average Bonchev–Trinajstić information content (AvgIpc) is 2.61. The predicted molar refractivity (Wildman–Crippen MR) is 109 cm³/mol. The van der Waals surface area contributed by atoms with Crippen LogP contribution in [0.15, 0.2) is 36.4 Å². The van der Waals surface area contributed by atoms with Crippen molar-refractivity contribution >= 4 is 34.8 Å². The molecule has 0 aliphatic rings. The van der Waals surface area contributed by atoms with Crippen molar-refractivity contribution in [2.24, 2.45) is 5.73 Å². The van der Waals surface area contributed by atoms with E-state index in [1.807, 2.05) is 32.0 Å². The van der Waals surface area contributed by atoms with E-state index in [9.17, 15) is 9.59 Å². The number of hydrogen-bond donors (Lipinski definition) is 2. The van der Waals surface area contributed by atoms with Crippen molar-refractivity contribution in [2.75, 3.05) is 30.4 Å². The van der Waals surface area contributed by atoms with E-state index in [0.717, 1.165) is 16.8 Å². The number of amides is 2. The van der Waals surface area contributed by atoms with E-state index in [1.54, 1.807) is 30.2 Å². The molecule has 2 amide bonds. The summed E-state index contributed by atoms with van der Waals surface area (Å²) in [5.41, 5.74) is 8.57. The van der Waals surface area contributed by atoms with Crippen LogP contribution in [0, 0.1) is 13.8 Å². The third-order valence-corrected chi connectivity index (χ3v) is 4.39. The fourth-order valence-electron chi connectivity index (χ4n) is 2.76. The molecular formula is C20H24ClN3O3. The predicted octanol–water partition coefficient (Wildman–Crippen LogP) is 3.29. The summed E-state index contributed by atoms with van der Waals surface area (Å²) >= 11 is 6.27. The molecule has 0 saturated carbocycles. The van der Waals surface area contributed by atoms with Gasteiger partial charge in [-0.05, 0) is 55.3 Å². The van der Waals surface area contributed by atoms with Gasteiger partial charge < -0.3 is 20.7 Å². The molecule has 0 radical (unpaired) electrons. The van der Waals surface area contributed by atoms with Crippen LogP contribution in [0.1, 0.15) is 17.5 Å². The summed E-state index contributed by atoms with van der Waals surface area (Å²) in [5.74, 6) is 0.0515. The Morgan fingerprint density at radius 2 is 1.85 bits per heavy atom. The molecule has 0 spiro atoms. The minimum atomic E-state index is -0.425. The van der Waals surface area contributed by atoms with E-state index in [0.29, 0.717) is 23.0 Å². The molecule has 3 N–H and O–H groups in total. The van der Waals surface area contributed by atoms with Gasteiger partial charge in [0.2, 0.25) is 11.8 Å². The molecule has 7 heteroatoms. The molecule has 0 aromatic heterocycles. The number of hydrogen-bond acceptors (Lipinski definition) is 4. The number of primary amides is 1. The Hall–Kier alpha value is -2.73. The molecule has 2 aromatic carbocycles. The largest absolute Gasteiger partial charge is 0.497 e. The van der Waals surface area contributed by atoms with Gasteiger partial charge in [0.05, 0.1) is 24.4 Å². The Labute approximate surface area is 164 Å². The lowest BCUT2D eigenvalue weighted by atomic mass is 10.1. The summed E-state index contributed by atoms with van der Waals surface area (Å²) in [7, 11) is 1.58. The molecule has 0 heterocycles. The zero-order chi connectivity index (χ0) is 20.0. The number of carbonyl (C=O) groups is 2. The summed E-state index contributed by atoms with van der Waals surface area (Å²) in [6, 6.07) is 11.0. The maximum Gasteiger partial charge on any atom is 0.243 e.